The first-order valence-corrected chi connectivity index (χ1v) is 6.76. The predicted octanol–water partition coefficient (Wildman–Crippen LogP) is 2.23. The van der Waals surface area contributed by atoms with E-state index < -0.39 is 15.6 Å². The Morgan fingerprint density at radius 2 is 2.00 bits per heavy atom. The Kier molecular flexibility index (Phi) is 3.82. The number of nitriles is 1. The molecule has 0 fully saturated rings. The summed E-state index contributed by atoms with van der Waals surface area (Å²) in [4.78, 5) is -0.0116. The van der Waals surface area contributed by atoms with Crippen molar-refractivity contribution >= 4 is 21.6 Å². The predicted molar refractivity (Wildman–Crippen MR) is 66.2 cm³/mol. The van der Waals surface area contributed by atoms with Gasteiger partial charge in [0.15, 0.2) is 0 Å². The molecular weight excluding hydrogens is 260 g/mol. The number of sulfonamides is 1. The van der Waals surface area contributed by atoms with Gasteiger partial charge in [-0.2, -0.15) is 9.98 Å². The summed E-state index contributed by atoms with van der Waals surface area (Å²) in [7, 11) is -3.79. The fourth-order valence-corrected chi connectivity index (χ4v) is 3.15. The number of rotatable bonds is 3. The molecule has 0 amide bonds. The maximum Gasteiger partial charge on any atom is 0.243 e. The summed E-state index contributed by atoms with van der Waals surface area (Å²) < 4.78 is 26.4. The molecule has 1 N–H and O–H groups in total. The molecule has 0 saturated carbocycles. The highest BCUT2D eigenvalue weighted by Crippen LogP contribution is 2.25. The molecule has 0 heterocycles. The van der Waals surface area contributed by atoms with Crippen LogP contribution in [0.4, 0.5) is 0 Å². The van der Waals surface area contributed by atoms with Crippen LogP contribution < -0.4 is 4.72 Å². The van der Waals surface area contributed by atoms with Crippen molar-refractivity contribution < 1.29 is 8.42 Å². The van der Waals surface area contributed by atoms with E-state index in [1.54, 1.807) is 19.1 Å². The van der Waals surface area contributed by atoms with Gasteiger partial charge in [-0.1, -0.05) is 23.7 Å². The lowest BCUT2D eigenvalue weighted by atomic mass is 10.1. The van der Waals surface area contributed by atoms with Gasteiger partial charge in [0.05, 0.1) is 11.1 Å². The Hall–Kier alpha value is -1.09. The summed E-state index contributed by atoms with van der Waals surface area (Å²) in [6, 6.07) is 6.60. The Balaban J connectivity index is 3.25. The molecule has 1 aromatic rings. The normalized spacial score (nSPS) is 12.2. The standard InChI is InChI=1S/C11H13ClN2O2S/c1-8-5-4-6-9(10(8)12)17(15,16)14-11(2,3)7-13/h4-6,14H,1-3H3. The largest absolute Gasteiger partial charge is 0.243 e. The lowest BCUT2D eigenvalue weighted by Gasteiger charge is -2.18. The highest BCUT2D eigenvalue weighted by molar-refractivity contribution is 7.89. The first kappa shape index (κ1) is 14.0. The van der Waals surface area contributed by atoms with Crippen LogP contribution in [0.1, 0.15) is 19.4 Å². The van der Waals surface area contributed by atoms with E-state index in [2.05, 4.69) is 4.72 Å². The van der Waals surface area contributed by atoms with Crippen LogP contribution in [-0.2, 0) is 10.0 Å². The molecule has 0 saturated heterocycles. The van der Waals surface area contributed by atoms with Crippen LogP contribution in [0.15, 0.2) is 23.1 Å². The average Bonchev–Trinajstić information content (AvgIpc) is 2.20. The molecule has 92 valence electrons. The molecule has 1 rings (SSSR count). The zero-order chi connectivity index (χ0) is 13.3. The summed E-state index contributed by atoms with van der Waals surface area (Å²) in [6.07, 6.45) is 0. The van der Waals surface area contributed by atoms with Crippen molar-refractivity contribution in [2.24, 2.45) is 0 Å². The molecule has 1 aromatic carbocycles. The maximum absolute atomic E-state index is 12.0. The molecule has 0 aliphatic rings. The number of nitrogens with zero attached hydrogens (tertiary/aromatic N) is 1. The van der Waals surface area contributed by atoms with Gasteiger partial charge in [-0.05, 0) is 32.4 Å². The van der Waals surface area contributed by atoms with Gasteiger partial charge in [-0.15, -0.1) is 0 Å². The van der Waals surface area contributed by atoms with Crippen molar-refractivity contribution in [2.75, 3.05) is 0 Å². The Morgan fingerprint density at radius 3 is 2.53 bits per heavy atom. The average molecular weight is 273 g/mol. The van der Waals surface area contributed by atoms with Crippen molar-refractivity contribution in [2.45, 2.75) is 31.2 Å². The van der Waals surface area contributed by atoms with Crippen LogP contribution in [-0.4, -0.2) is 14.0 Å². The molecule has 0 aliphatic carbocycles. The van der Waals surface area contributed by atoms with Gasteiger partial charge in [-0.3, -0.25) is 0 Å². The third-order valence-corrected chi connectivity index (χ3v) is 4.43. The summed E-state index contributed by atoms with van der Waals surface area (Å²) in [5.41, 5.74) is -0.504. The van der Waals surface area contributed by atoms with E-state index in [0.29, 0.717) is 5.56 Å². The molecule has 4 nitrogen and oxygen atoms in total. The van der Waals surface area contributed by atoms with Crippen molar-refractivity contribution in [1.29, 1.82) is 5.26 Å². The van der Waals surface area contributed by atoms with Crippen molar-refractivity contribution in [3.05, 3.63) is 28.8 Å². The molecular formula is C11H13ClN2O2S. The van der Waals surface area contributed by atoms with Gasteiger partial charge in [0, 0.05) is 0 Å². The van der Waals surface area contributed by atoms with Crippen molar-refractivity contribution in [3.63, 3.8) is 0 Å². The first-order chi connectivity index (χ1) is 7.69. The van der Waals surface area contributed by atoms with Gasteiger partial charge in [-0.25, -0.2) is 8.42 Å². The van der Waals surface area contributed by atoms with Crippen LogP contribution in [0.5, 0.6) is 0 Å². The lowest BCUT2D eigenvalue weighted by molar-refractivity contribution is 0.535. The zero-order valence-electron chi connectivity index (χ0n) is 9.78. The minimum Gasteiger partial charge on any atom is -0.207 e. The number of aryl methyl sites for hydroxylation is 1. The fraction of sp³-hybridized carbons (Fsp3) is 0.364. The van der Waals surface area contributed by atoms with Crippen LogP contribution in [0.3, 0.4) is 0 Å². The number of benzene rings is 1. The Bertz CT molecular complexity index is 574. The van der Waals surface area contributed by atoms with E-state index in [-0.39, 0.29) is 9.92 Å². The van der Waals surface area contributed by atoms with Crippen molar-refractivity contribution in [1.82, 2.24) is 4.72 Å². The lowest BCUT2D eigenvalue weighted by Crippen LogP contribution is -2.42. The van der Waals surface area contributed by atoms with E-state index in [1.807, 2.05) is 6.07 Å². The second-order valence-corrected chi connectivity index (χ2v) is 6.26. The van der Waals surface area contributed by atoms with E-state index in [9.17, 15) is 8.42 Å². The summed E-state index contributed by atoms with van der Waals surface area (Å²) >= 11 is 5.95. The highest BCUT2D eigenvalue weighted by Gasteiger charge is 2.27. The smallest absolute Gasteiger partial charge is 0.207 e. The topological polar surface area (TPSA) is 70.0 Å². The molecule has 17 heavy (non-hydrogen) atoms. The van der Waals surface area contributed by atoms with E-state index in [1.165, 1.54) is 19.9 Å². The van der Waals surface area contributed by atoms with Gasteiger partial charge >= 0.3 is 0 Å². The Morgan fingerprint density at radius 1 is 1.41 bits per heavy atom. The minimum absolute atomic E-state index is 0.0116. The molecule has 0 aliphatic heterocycles. The van der Waals surface area contributed by atoms with E-state index in [4.69, 9.17) is 16.9 Å². The summed E-state index contributed by atoms with van der Waals surface area (Å²) in [6.45, 7) is 4.68. The monoisotopic (exact) mass is 272 g/mol. The molecule has 0 bridgehead atoms. The molecule has 0 aromatic heterocycles. The molecule has 0 unspecified atom stereocenters. The quantitative estimate of drug-likeness (QED) is 0.917. The zero-order valence-corrected chi connectivity index (χ0v) is 11.4. The number of hydrogen-bond donors (Lipinski definition) is 1. The highest BCUT2D eigenvalue weighted by atomic mass is 35.5. The van der Waals surface area contributed by atoms with E-state index in [0.717, 1.165) is 0 Å². The van der Waals surface area contributed by atoms with E-state index >= 15 is 0 Å². The maximum atomic E-state index is 12.0. The van der Waals surface area contributed by atoms with Crippen LogP contribution in [0.25, 0.3) is 0 Å². The first-order valence-electron chi connectivity index (χ1n) is 4.90. The summed E-state index contributed by atoms with van der Waals surface area (Å²) in [5.74, 6) is 0. The second-order valence-electron chi connectivity index (χ2n) is 4.23. The molecule has 6 heteroatoms. The summed E-state index contributed by atoms with van der Waals surface area (Å²) in [5, 5.41) is 8.99. The van der Waals surface area contributed by atoms with Crippen LogP contribution in [0.2, 0.25) is 5.02 Å². The van der Waals surface area contributed by atoms with Gasteiger partial charge in [0.2, 0.25) is 10.0 Å². The van der Waals surface area contributed by atoms with Crippen LogP contribution in [0, 0.1) is 18.3 Å². The number of halogens is 1. The molecule has 0 radical (unpaired) electrons. The Labute approximate surface area is 106 Å². The second kappa shape index (κ2) is 4.65. The third-order valence-electron chi connectivity index (χ3n) is 2.11. The fourth-order valence-electron chi connectivity index (χ4n) is 1.24. The van der Waals surface area contributed by atoms with Crippen molar-refractivity contribution in [3.8, 4) is 6.07 Å². The SMILES string of the molecule is Cc1cccc(S(=O)(=O)NC(C)(C)C#N)c1Cl. The number of hydrogen-bond acceptors (Lipinski definition) is 3. The minimum atomic E-state index is -3.79. The van der Waals surface area contributed by atoms with Crippen LogP contribution >= 0.6 is 11.6 Å². The third kappa shape index (κ3) is 3.19. The van der Waals surface area contributed by atoms with Gasteiger partial charge < -0.3 is 0 Å². The number of nitrogens with one attached hydrogen (secondary N) is 1. The molecule has 0 spiro atoms. The van der Waals surface area contributed by atoms with Gasteiger partial charge in [0.25, 0.3) is 0 Å². The molecule has 0 atom stereocenters. The van der Waals surface area contributed by atoms with Gasteiger partial charge in [0.1, 0.15) is 10.4 Å².